The summed E-state index contributed by atoms with van der Waals surface area (Å²) in [7, 11) is 1.85. The summed E-state index contributed by atoms with van der Waals surface area (Å²) in [6.07, 6.45) is 2.10. The summed E-state index contributed by atoms with van der Waals surface area (Å²) in [6.45, 7) is 2.90. The number of benzene rings is 2. The molecule has 0 bridgehead atoms. The maximum absolute atomic E-state index is 12.4. The van der Waals surface area contributed by atoms with Crippen LogP contribution in [0.15, 0.2) is 60.7 Å². The van der Waals surface area contributed by atoms with Gasteiger partial charge in [-0.1, -0.05) is 74.0 Å². The lowest BCUT2D eigenvalue weighted by Crippen LogP contribution is -2.40. The van der Waals surface area contributed by atoms with Gasteiger partial charge in [-0.05, 0) is 17.5 Å². The van der Waals surface area contributed by atoms with Crippen LogP contribution in [0, 0.1) is 0 Å². The fraction of sp³-hybridized carbons (Fsp3) is 0.316. The Labute approximate surface area is 133 Å². The summed E-state index contributed by atoms with van der Waals surface area (Å²) >= 11 is 0. The Morgan fingerprint density at radius 2 is 1.50 bits per heavy atom. The number of nitrogens with zero attached hydrogens (tertiary/aromatic N) is 1. The highest BCUT2D eigenvalue weighted by molar-refractivity contribution is 5.75. The van der Waals surface area contributed by atoms with Crippen molar-refractivity contribution in [3.63, 3.8) is 0 Å². The topological polar surface area (TPSA) is 32.3 Å². The molecule has 2 amide bonds. The molecule has 0 saturated carbocycles. The van der Waals surface area contributed by atoms with Gasteiger partial charge in [0.25, 0.3) is 0 Å². The number of hydrogen-bond acceptors (Lipinski definition) is 1. The second kappa shape index (κ2) is 8.23. The number of urea groups is 1. The SMILES string of the molecule is CCCCN(C)C(=O)NC(c1ccccc1)c1ccccc1. The second-order valence-electron chi connectivity index (χ2n) is 5.48. The van der Waals surface area contributed by atoms with Gasteiger partial charge >= 0.3 is 6.03 Å². The zero-order chi connectivity index (χ0) is 15.8. The van der Waals surface area contributed by atoms with E-state index in [0.29, 0.717) is 0 Å². The number of rotatable bonds is 6. The molecule has 0 heterocycles. The van der Waals surface area contributed by atoms with E-state index in [9.17, 15) is 4.79 Å². The van der Waals surface area contributed by atoms with Crippen LogP contribution in [0.25, 0.3) is 0 Å². The monoisotopic (exact) mass is 296 g/mol. The van der Waals surface area contributed by atoms with Crippen molar-refractivity contribution < 1.29 is 4.79 Å². The van der Waals surface area contributed by atoms with Gasteiger partial charge in [0.05, 0.1) is 6.04 Å². The van der Waals surface area contributed by atoms with E-state index in [1.807, 2.05) is 67.7 Å². The van der Waals surface area contributed by atoms with Crippen LogP contribution in [0.5, 0.6) is 0 Å². The second-order valence-corrected chi connectivity index (χ2v) is 5.48. The van der Waals surface area contributed by atoms with E-state index in [1.54, 1.807) is 4.90 Å². The molecule has 0 saturated heterocycles. The summed E-state index contributed by atoms with van der Waals surface area (Å²) in [6, 6.07) is 20.0. The van der Waals surface area contributed by atoms with Crippen molar-refractivity contribution >= 4 is 6.03 Å². The van der Waals surface area contributed by atoms with Crippen molar-refractivity contribution in [1.82, 2.24) is 10.2 Å². The lowest BCUT2D eigenvalue weighted by molar-refractivity contribution is 0.205. The predicted octanol–water partition coefficient (Wildman–Crippen LogP) is 4.22. The van der Waals surface area contributed by atoms with Crippen molar-refractivity contribution in [2.24, 2.45) is 0 Å². The van der Waals surface area contributed by atoms with Gasteiger partial charge in [0.1, 0.15) is 0 Å². The van der Waals surface area contributed by atoms with Crippen molar-refractivity contribution in [3.05, 3.63) is 71.8 Å². The zero-order valence-electron chi connectivity index (χ0n) is 13.3. The van der Waals surface area contributed by atoms with E-state index in [2.05, 4.69) is 12.2 Å². The molecule has 0 spiro atoms. The Bertz CT molecular complexity index is 529. The molecule has 1 N–H and O–H groups in total. The maximum Gasteiger partial charge on any atom is 0.317 e. The molecule has 0 aliphatic heterocycles. The van der Waals surface area contributed by atoms with Crippen LogP contribution in [0.3, 0.4) is 0 Å². The van der Waals surface area contributed by atoms with Gasteiger partial charge in [0.2, 0.25) is 0 Å². The van der Waals surface area contributed by atoms with Crippen LogP contribution in [0.4, 0.5) is 4.79 Å². The first kappa shape index (κ1) is 16.1. The molecule has 0 aliphatic rings. The Balaban J connectivity index is 2.17. The highest BCUT2D eigenvalue weighted by Gasteiger charge is 2.18. The van der Waals surface area contributed by atoms with E-state index >= 15 is 0 Å². The molecule has 116 valence electrons. The Kier molecular flexibility index (Phi) is 6.01. The Hall–Kier alpha value is -2.29. The minimum Gasteiger partial charge on any atom is -0.328 e. The highest BCUT2D eigenvalue weighted by Crippen LogP contribution is 2.21. The first-order valence-electron chi connectivity index (χ1n) is 7.84. The fourth-order valence-corrected chi connectivity index (χ4v) is 2.38. The van der Waals surface area contributed by atoms with Gasteiger partial charge in [-0.15, -0.1) is 0 Å². The third-order valence-corrected chi connectivity index (χ3v) is 3.73. The number of amides is 2. The molecule has 3 heteroatoms. The Morgan fingerprint density at radius 3 is 1.95 bits per heavy atom. The minimum absolute atomic E-state index is 0.0360. The summed E-state index contributed by atoms with van der Waals surface area (Å²) in [5.74, 6) is 0. The van der Waals surface area contributed by atoms with Crippen LogP contribution < -0.4 is 5.32 Å². The number of carbonyl (C=O) groups is 1. The van der Waals surface area contributed by atoms with E-state index in [4.69, 9.17) is 0 Å². The van der Waals surface area contributed by atoms with Gasteiger partial charge in [0, 0.05) is 13.6 Å². The summed E-state index contributed by atoms with van der Waals surface area (Å²) in [4.78, 5) is 14.2. The molecule has 0 fully saturated rings. The standard InChI is InChI=1S/C19H24N2O/c1-3-4-15-21(2)19(22)20-18(16-11-7-5-8-12-16)17-13-9-6-10-14-17/h5-14,18H,3-4,15H2,1-2H3,(H,20,22). The number of unbranched alkanes of at least 4 members (excludes halogenated alkanes) is 1. The molecule has 0 unspecified atom stereocenters. The molecule has 0 atom stereocenters. The van der Waals surface area contributed by atoms with Crippen molar-refractivity contribution in [2.75, 3.05) is 13.6 Å². The fourth-order valence-electron chi connectivity index (χ4n) is 2.38. The highest BCUT2D eigenvalue weighted by atomic mass is 16.2. The van der Waals surface area contributed by atoms with E-state index in [1.165, 1.54) is 0 Å². The van der Waals surface area contributed by atoms with Crippen LogP contribution in [-0.4, -0.2) is 24.5 Å². The first-order valence-corrected chi connectivity index (χ1v) is 7.84. The van der Waals surface area contributed by atoms with Crippen LogP contribution in [0.1, 0.15) is 36.9 Å². The van der Waals surface area contributed by atoms with Crippen molar-refractivity contribution in [2.45, 2.75) is 25.8 Å². The minimum atomic E-state index is -0.126. The smallest absolute Gasteiger partial charge is 0.317 e. The normalized spacial score (nSPS) is 10.5. The summed E-state index contributed by atoms with van der Waals surface area (Å²) in [5, 5.41) is 3.15. The molecular weight excluding hydrogens is 272 g/mol. The molecule has 2 aromatic carbocycles. The number of carbonyl (C=O) groups excluding carboxylic acids is 1. The van der Waals surface area contributed by atoms with Crippen molar-refractivity contribution in [3.8, 4) is 0 Å². The van der Waals surface area contributed by atoms with Gasteiger partial charge in [0.15, 0.2) is 0 Å². The first-order chi connectivity index (χ1) is 10.7. The molecule has 22 heavy (non-hydrogen) atoms. The van der Waals surface area contributed by atoms with Gasteiger partial charge < -0.3 is 10.2 Å². The third-order valence-electron chi connectivity index (χ3n) is 3.73. The lowest BCUT2D eigenvalue weighted by atomic mass is 9.99. The zero-order valence-corrected chi connectivity index (χ0v) is 13.3. The molecule has 0 radical (unpaired) electrons. The van der Waals surface area contributed by atoms with Gasteiger partial charge in [-0.2, -0.15) is 0 Å². The molecule has 2 aromatic rings. The molecule has 2 rings (SSSR count). The van der Waals surface area contributed by atoms with Gasteiger partial charge in [-0.3, -0.25) is 0 Å². The predicted molar refractivity (Wildman–Crippen MR) is 90.8 cm³/mol. The number of nitrogens with one attached hydrogen (secondary N) is 1. The Morgan fingerprint density at radius 1 is 1.00 bits per heavy atom. The van der Waals surface area contributed by atoms with Crippen LogP contribution in [-0.2, 0) is 0 Å². The molecule has 3 nitrogen and oxygen atoms in total. The van der Waals surface area contributed by atoms with E-state index in [-0.39, 0.29) is 12.1 Å². The number of hydrogen-bond donors (Lipinski definition) is 1. The molecular formula is C19H24N2O. The lowest BCUT2D eigenvalue weighted by Gasteiger charge is -2.24. The van der Waals surface area contributed by atoms with Gasteiger partial charge in [-0.25, -0.2) is 4.79 Å². The van der Waals surface area contributed by atoms with Crippen molar-refractivity contribution in [1.29, 1.82) is 0 Å². The van der Waals surface area contributed by atoms with E-state index in [0.717, 1.165) is 30.5 Å². The largest absolute Gasteiger partial charge is 0.328 e. The summed E-state index contributed by atoms with van der Waals surface area (Å²) in [5.41, 5.74) is 2.18. The average molecular weight is 296 g/mol. The molecule has 0 aliphatic carbocycles. The average Bonchev–Trinajstić information content (AvgIpc) is 2.58. The van der Waals surface area contributed by atoms with E-state index < -0.39 is 0 Å². The molecule has 0 aromatic heterocycles. The third kappa shape index (κ3) is 4.35. The van der Waals surface area contributed by atoms with Crippen LogP contribution >= 0.6 is 0 Å². The van der Waals surface area contributed by atoms with Crippen LogP contribution in [0.2, 0.25) is 0 Å². The maximum atomic E-state index is 12.4. The quantitative estimate of drug-likeness (QED) is 0.850. The summed E-state index contributed by atoms with van der Waals surface area (Å²) < 4.78 is 0.